The molecule has 0 radical (unpaired) electrons. The van der Waals surface area contributed by atoms with Crippen molar-refractivity contribution in [3.63, 3.8) is 0 Å². The molecule has 5 aliphatic rings. The van der Waals surface area contributed by atoms with E-state index in [9.17, 15) is 9.59 Å². The lowest BCUT2D eigenvalue weighted by molar-refractivity contribution is -0.185. The summed E-state index contributed by atoms with van der Waals surface area (Å²) in [5.41, 5.74) is -1.09. The van der Waals surface area contributed by atoms with Crippen LogP contribution in [0, 0.1) is 34.0 Å². The molecule has 1 unspecified atom stereocenters. The van der Waals surface area contributed by atoms with Crippen LogP contribution in [0.25, 0.3) is 0 Å². The number of hydrogen-bond acceptors (Lipinski definition) is 5. The van der Waals surface area contributed by atoms with E-state index in [4.69, 9.17) is 4.74 Å². The number of hydrogen-bond donors (Lipinski definition) is 0. The number of azo groups is 1. The van der Waals surface area contributed by atoms with Crippen LogP contribution in [0.3, 0.4) is 0 Å². The van der Waals surface area contributed by atoms with Gasteiger partial charge in [-0.15, -0.1) is 0 Å². The van der Waals surface area contributed by atoms with Crippen molar-refractivity contribution in [2.45, 2.75) is 77.2 Å². The number of fused-ring (bicyclic) bond motifs is 4. The van der Waals surface area contributed by atoms with Crippen molar-refractivity contribution in [2.24, 2.45) is 44.2 Å². The zero-order chi connectivity index (χ0) is 19.1. The summed E-state index contributed by atoms with van der Waals surface area (Å²) in [6.07, 6.45) is 9.01. The second-order valence-corrected chi connectivity index (χ2v) is 10.5. The molecule has 148 valence electrons. The van der Waals surface area contributed by atoms with Gasteiger partial charge in [-0.1, -0.05) is 13.3 Å². The second kappa shape index (κ2) is 5.42. The Hall–Kier alpha value is -1.26. The Labute approximate surface area is 161 Å². The summed E-state index contributed by atoms with van der Waals surface area (Å²) < 4.78 is 5.25. The lowest BCUT2D eigenvalue weighted by Crippen LogP contribution is -2.60. The van der Waals surface area contributed by atoms with E-state index in [0.29, 0.717) is 30.1 Å². The molecule has 0 N–H and O–H groups in total. The van der Waals surface area contributed by atoms with Gasteiger partial charge in [-0.05, 0) is 75.0 Å². The van der Waals surface area contributed by atoms with Gasteiger partial charge in [-0.25, -0.2) is 0 Å². The molecular weight excluding hydrogens is 340 g/mol. The van der Waals surface area contributed by atoms with Gasteiger partial charge >= 0.3 is 5.97 Å². The van der Waals surface area contributed by atoms with Crippen LogP contribution in [0.2, 0.25) is 0 Å². The van der Waals surface area contributed by atoms with E-state index >= 15 is 0 Å². The average molecular weight is 373 g/mol. The summed E-state index contributed by atoms with van der Waals surface area (Å²) in [4.78, 5) is 26.6. The van der Waals surface area contributed by atoms with Gasteiger partial charge in [0, 0.05) is 11.8 Å². The highest BCUT2D eigenvalue weighted by molar-refractivity contribution is 5.97. The molecule has 4 fully saturated rings. The number of ether oxygens (including phenoxy) is 1. The molecule has 7 atom stereocenters. The van der Waals surface area contributed by atoms with E-state index in [1.54, 1.807) is 0 Å². The molecule has 5 heteroatoms. The van der Waals surface area contributed by atoms with Crippen LogP contribution in [-0.2, 0) is 14.3 Å². The van der Waals surface area contributed by atoms with Crippen molar-refractivity contribution in [3.8, 4) is 0 Å². The number of methoxy groups -OCH3 is 1. The minimum absolute atomic E-state index is 0.0430. The van der Waals surface area contributed by atoms with Gasteiger partial charge in [0.2, 0.25) is 0 Å². The first-order chi connectivity index (χ1) is 12.8. The Kier molecular flexibility index (Phi) is 3.57. The molecule has 0 aromatic carbocycles. The second-order valence-electron chi connectivity index (χ2n) is 10.5. The fourth-order valence-electron chi connectivity index (χ4n) is 8.70. The van der Waals surface area contributed by atoms with Crippen LogP contribution in [0.15, 0.2) is 10.2 Å². The van der Waals surface area contributed by atoms with Gasteiger partial charge in [0.25, 0.3) is 0 Å². The molecule has 0 amide bonds. The van der Waals surface area contributed by atoms with Gasteiger partial charge in [0.05, 0.1) is 19.1 Å². The molecule has 4 saturated carbocycles. The van der Waals surface area contributed by atoms with Gasteiger partial charge in [-0.3, -0.25) is 9.59 Å². The normalized spacial score (nSPS) is 53.3. The minimum atomic E-state index is -0.502. The molecular formula is C22H32N2O3. The molecule has 27 heavy (non-hydrogen) atoms. The van der Waals surface area contributed by atoms with E-state index in [1.807, 2.05) is 0 Å². The molecule has 4 aliphatic carbocycles. The van der Waals surface area contributed by atoms with E-state index < -0.39 is 11.0 Å². The van der Waals surface area contributed by atoms with Crippen LogP contribution < -0.4 is 0 Å². The largest absolute Gasteiger partial charge is 0.469 e. The van der Waals surface area contributed by atoms with Gasteiger partial charge < -0.3 is 4.74 Å². The first-order valence-electron chi connectivity index (χ1n) is 10.9. The van der Waals surface area contributed by atoms with Crippen LogP contribution in [0.1, 0.15) is 71.6 Å². The van der Waals surface area contributed by atoms with Crippen LogP contribution in [-0.4, -0.2) is 30.9 Å². The number of esters is 1. The standard InChI is InChI=1S/C22H32N2O3/c1-19-8-4-9-20(2,18(26)27-3)15(19)7-10-21-13-14(5-6-16(19)21)22(17(21)25)11-12-23-24-22/h14-16H,4-13H2,1-3H3/t14-,15+,16+,19-,20-,21-,22?/m1/s1. The average Bonchev–Trinajstić information content (AvgIpc) is 3.21. The highest BCUT2D eigenvalue weighted by Gasteiger charge is 2.73. The maximum absolute atomic E-state index is 13.9. The number of carbonyl (C=O) groups is 2. The van der Waals surface area contributed by atoms with Gasteiger partial charge in [0.1, 0.15) is 5.54 Å². The maximum atomic E-state index is 13.9. The van der Waals surface area contributed by atoms with Crippen LogP contribution >= 0.6 is 0 Å². The first kappa shape index (κ1) is 17.8. The number of Topliss-reactive ketones (excluding diaryl/α,β-unsaturated/α-hetero) is 1. The SMILES string of the molecule is COC(=O)[C@]1(C)CCC[C@@]2(C)[C@@H]3CC[C@@H]4C[C@@]3(CC[C@@H]21)C(=O)C41CCN=N1. The summed E-state index contributed by atoms with van der Waals surface area (Å²) in [7, 11) is 1.52. The Balaban J connectivity index is 1.57. The Morgan fingerprint density at radius 1 is 1.07 bits per heavy atom. The molecule has 1 aliphatic heterocycles. The third kappa shape index (κ3) is 1.91. The molecule has 0 aromatic rings. The van der Waals surface area contributed by atoms with Gasteiger partial charge in [0.15, 0.2) is 5.78 Å². The molecule has 0 saturated heterocycles. The smallest absolute Gasteiger partial charge is 0.311 e. The highest BCUT2D eigenvalue weighted by Crippen LogP contribution is 2.72. The van der Waals surface area contributed by atoms with Crippen LogP contribution in [0.5, 0.6) is 0 Å². The quantitative estimate of drug-likeness (QED) is 0.643. The summed E-state index contributed by atoms with van der Waals surface area (Å²) in [6, 6.07) is 0. The molecule has 2 bridgehead atoms. The maximum Gasteiger partial charge on any atom is 0.311 e. The van der Waals surface area contributed by atoms with Crippen molar-refractivity contribution in [1.82, 2.24) is 0 Å². The Morgan fingerprint density at radius 3 is 2.59 bits per heavy atom. The van der Waals surface area contributed by atoms with Crippen molar-refractivity contribution in [3.05, 3.63) is 0 Å². The lowest BCUT2D eigenvalue weighted by Gasteiger charge is -2.62. The number of ketones is 1. The third-order valence-corrected chi connectivity index (χ3v) is 9.75. The zero-order valence-electron chi connectivity index (χ0n) is 16.9. The monoisotopic (exact) mass is 372 g/mol. The Bertz CT molecular complexity index is 735. The third-order valence-electron chi connectivity index (χ3n) is 9.75. The molecule has 5 nitrogen and oxygen atoms in total. The number of rotatable bonds is 1. The van der Waals surface area contributed by atoms with Crippen molar-refractivity contribution in [2.75, 3.05) is 13.7 Å². The highest BCUT2D eigenvalue weighted by atomic mass is 16.5. The van der Waals surface area contributed by atoms with E-state index in [1.165, 1.54) is 7.11 Å². The predicted molar refractivity (Wildman–Crippen MR) is 100 cm³/mol. The Morgan fingerprint density at radius 2 is 1.89 bits per heavy atom. The summed E-state index contributed by atoms with van der Waals surface area (Å²) in [5.74, 6) is 1.44. The minimum Gasteiger partial charge on any atom is -0.469 e. The molecule has 5 rings (SSSR count). The topological polar surface area (TPSA) is 68.1 Å². The summed E-state index contributed by atoms with van der Waals surface area (Å²) in [6.45, 7) is 5.22. The summed E-state index contributed by atoms with van der Waals surface area (Å²) in [5, 5.41) is 8.84. The first-order valence-corrected chi connectivity index (χ1v) is 10.9. The van der Waals surface area contributed by atoms with Gasteiger partial charge in [-0.2, -0.15) is 10.2 Å². The van der Waals surface area contributed by atoms with Crippen molar-refractivity contribution < 1.29 is 14.3 Å². The van der Waals surface area contributed by atoms with E-state index in [0.717, 1.165) is 57.8 Å². The molecule has 0 aromatic heterocycles. The molecule has 1 heterocycles. The predicted octanol–water partition coefficient (Wildman–Crippen LogP) is 4.35. The van der Waals surface area contributed by atoms with Crippen molar-refractivity contribution in [1.29, 1.82) is 0 Å². The van der Waals surface area contributed by atoms with E-state index in [-0.39, 0.29) is 16.8 Å². The van der Waals surface area contributed by atoms with Crippen LogP contribution in [0.4, 0.5) is 0 Å². The fourth-order valence-corrected chi connectivity index (χ4v) is 8.70. The number of nitrogens with zero attached hydrogens (tertiary/aromatic N) is 2. The fraction of sp³-hybridized carbons (Fsp3) is 0.909. The summed E-state index contributed by atoms with van der Waals surface area (Å²) >= 11 is 0. The zero-order valence-corrected chi connectivity index (χ0v) is 16.9. The van der Waals surface area contributed by atoms with E-state index in [2.05, 4.69) is 24.1 Å². The molecule has 2 spiro atoms. The lowest BCUT2D eigenvalue weighted by atomic mass is 9.41. The van der Waals surface area contributed by atoms with Crippen molar-refractivity contribution >= 4 is 11.8 Å². The number of carbonyl (C=O) groups excluding carboxylic acids is 2.